The molecular weight excluding hydrogens is 272 g/mol. The number of amides is 1. The van der Waals surface area contributed by atoms with E-state index in [1.165, 1.54) is 18.3 Å². The summed E-state index contributed by atoms with van der Waals surface area (Å²) < 4.78 is 0. The quantitative estimate of drug-likeness (QED) is 0.502. The van der Waals surface area contributed by atoms with Crippen LogP contribution in [0.5, 0.6) is 11.5 Å². The van der Waals surface area contributed by atoms with Gasteiger partial charge in [-0.1, -0.05) is 30.3 Å². The SMILES string of the molecule is O=C(N/N=C/c1ccc(O)cc1O)C(O)c1ccccc1. The number of nitrogens with one attached hydrogen (secondary N) is 1. The number of phenols is 2. The molecule has 2 rings (SSSR count). The van der Waals surface area contributed by atoms with Crippen molar-refractivity contribution in [3.8, 4) is 11.5 Å². The fraction of sp³-hybridized carbons (Fsp3) is 0.0667. The Hall–Kier alpha value is -2.86. The third-order valence-corrected chi connectivity index (χ3v) is 2.76. The molecule has 1 unspecified atom stereocenters. The summed E-state index contributed by atoms with van der Waals surface area (Å²) in [6.07, 6.45) is -0.110. The molecule has 1 amide bonds. The summed E-state index contributed by atoms with van der Waals surface area (Å²) in [4.78, 5) is 11.7. The van der Waals surface area contributed by atoms with E-state index >= 15 is 0 Å². The number of hydrogen-bond donors (Lipinski definition) is 4. The molecule has 21 heavy (non-hydrogen) atoms. The largest absolute Gasteiger partial charge is 0.508 e. The summed E-state index contributed by atoms with van der Waals surface area (Å²) in [5.41, 5.74) is 2.96. The Morgan fingerprint density at radius 2 is 1.86 bits per heavy atom. The third-order valence-electron chi connectivity index (χ3n) is 2.76. The summed E-state index contributed by atoms with van der Waals surface area (Å²) in [6, 6.07) is 12.4. The van der Waals surface area contributed by atoms with E-state index in [4.69, 9.17) is 5.11 Å². The van der Waals surface area contributed by atoms with Gasteiger partial charge in [0.15, 0.2) is 6.10 Å². The normalized spacial score (nSPS) is 12.2. The van der Waals surface area contributed by atoms with Crippen LogP contribution in [0, 0.1) is 0 Å². The van der Waals surface area contributed by atoms with E-state index < -0.39 is 12.0 Å². The lowest BCUT2D eigenvalue weighted by atomic mass is 10.1. The molecule has 0 aliphatic heterocycles. The number of benzene rings is 2. The Bertz CT molecular complexity index is 656. The van der Waals surface area contributed by atoms with Gasteiger partial charge in [0.1, 0.15) is 11.5 Å². The van der Waals surface area contributed by atoms with Crippen molar-refractivity contribution in [3.63, 3.8) is 0 Å². The Balaban J connectivity index is 1.99. The molecule has 0 heterocycles. The van der Waals surface area contributed by atoms with Crippen molar-refractivity contribution in [2.24, 2.45) is 5.10 Å². The first kappa shape index (κ1) is 14.5. The number of aliphatic hydroxyl groups excluding tert-OH is 1. The molecule has 0 aliphatic carbocycles. The minimum Gasteiger partial charge on any atom is -0.508 e. The molecule has 0 spiro atoms. The highest BCUT2D eigenvalue weighted by molar-refractivity contribution is 5.86. The van der Waals surface area contributed by atoms with Crippen LogP contribution in [0.4, 0.5) is 0 Å². The fourth-order valence-corrected chi connectivity index (χ4v) is 1.65. The maximum Gasteiger partial charge on any atom is 0.273 e. The summed E-state index contributed by atoms with van der Waals surface area (Å²) >= 11 is 0. The second-order valence-corrected chi connectivity index (χ2v) is 4.29. The second-order valence-electron chi connectivity index (χ2n) is 4.29. The van der Waals surface area contributed by atoms with Crippen LogP contribution in [-0.4, -0.2) is 27.4 Å². The molecule has 0 radical (unpaired) electrons. The van der Waals surface area contributed by atoms with E-state index in [9.17, 15) is 15.0 Å². The standard InChI is InChI=1S/C15H14N2O4/c18-12-7-6-11(13(19)8-12)9-16-17-15(21)14(20)10-4-2-1-3-5-10/h1-9,14,18-20H,(H,17,21)/b16-9+. The van der Waals surface area contributed by atoms with Gasteiger partial charge in [0, 0.05) is 11.6 Å². The highest BCUT2D eigenvalue weighted by Crippen LogP contribution is 2.20. The average molecular weight is 286 g/mol. The Morgan fingerprint density at radius 1 is 1.14 bits per heavy atom. The van der Waals surface area contributed by atoms with Crippen LogP contribution in [-0.2, 0) is 4.79 Å². The molecule has 108 valence electrons. The second kappa shape index (κ2) is 6.53. The maximum absolute atomic E-state index is 11.7. The number of rotatable bonds is 4. The van der Waals surface area contributed by atoms with Gasteiger partial charge in [-0.25, -0.2) is 5.43 Å². The topological polar surface area (TPSA) is 102 Å². The Morgan fingerprint density at radius 3 is 2.52 bits per heavy atom. The molecule has 4 N–H and O–H groups in total. The summed E-state index contributed by atoms with van der Waals surface area (Å²) in [7, 11) is 0. The number of aromatic hydroxyl groups is 2. The first-order valence-electron chi connectivity index (χ1n) is 6.16. The molecule has 0 aliphatic rings. The van der Waals surface area contributed by atoms with Crippen LogP contribution >= 0.6 is 0 Å². The highest BCUT2D eigenvalue weighted by atomic mass is 16.3. The van der Waals surface area contributed by atoms with Gasteiger partial charge >= 0.3 is 0 Å². The van der Waals surface area contributed by atoms with E-state index in [1.807, 2.05) is 0 Å². The lowest BCUT2D eigenvalue weighted by Gasteiger charge is -2.08. The monoisotopic (exact) mass is 286 g/mol. The number of phenolic OH excluding ortho intramolecular Hbond substituents is 2. The molecule has 6 heteroatoms. The Labute approximate surface area is 121 Å². The lowest BCUT2D eigenvalue weighted by Crippen LogP contribution is -2.25. The van der Waals surface area contributed by atoms with Crippen molar-refractivity contribution in [2.75, 3.05) is 0 Å². The number of hydrogen-bond acceptors (Lipinski definition) is 5. The first-order chi connectivity index (χ1) is 10.1. The molecule has 0 saturated carbocycles. The molecular formula is C15H14N2O4. The van der Waals surface area contributed by atoms with E-state index in [-0.39, 0.29) is 11.5 Å². The summed E-state index contributed by atoms with van der Waals surface area (Å²) in [5, 5.41) is 32.1. The van der Waals surface area contributed by atoms with Gasteiger partial charge in [-0.2, -0.15) is 5.10 Å². The molecule has 1 atom stereocenters. The fourth-order valence-electron chi connectivity index (χ4n) is 1.65. The van der Waals surface area contributed by atoms with E-state index in [0.29, 0.717) is 11.1 Å². The van der Waals surface area contributed by atoms with Gasteiger partial charge < -0.3 is 15.3 Å². The van der Waals surface area contributed by atoms with Gasteiger partial charge in [-0.05, 0) is 17.7 Å². The van der Waals surface area contributed by atoms with E-state index in [2.05, 4.69) is 10.5 Å². The number of aliphatic hydroxyl groups is 1. The lowest BCUT2D eigenvalue weighted by molar-refractivity contribution is -0.129. The van der Waals surface area contributed by atoms with Crippen LogP contribution < -0.4 is 5.43 Å². The molecule has 6 nitrogen and oxygen atoms in total. The molecule has 0 saturated heterocycles. The van der Waals surface area contributed by atoms with Crippen LogP contribution in [0.1, 0.15) is 17.2 Å². The van der Waals surface area contributed by atoms with Gasteiger partial charge in [0.2, 0.25) is 0 Å². The predicted octanol–water partition coefficient (Wildman–Crippen LogP) is 1.28. The number of carbonyl (C=O) groups is 1. The van der Waals surface area contributed by atoms with Crippen molar-refractivity contribution in [2.45, 2.75) is 6.10 Å². The predicted molar refractivity (Wildman–Crippen MR) is 76.9 cm³/mol. The average Bonchev–Trinajstić information content (AvgIpc) is 2.49. The molecule has 2 aromatic rings. The van der Waals surface area contributed by atoms with Crippen LogP contribution in [0.15, 0.2) is 53.6 Å². The van der Waals surface area contributed by atoms with E-state index in [1.54, 1.807) is 30.3 Å². The molecule has 2 aromatic carbocycles. The minimum atomic E-state index is -1.32. The van der Waals surface area contributed by atoms with Crippen LogP contribution in [0.25, 0.3) is 0 Å². The maximum atomic E-state index is 11.7. The zero-order chi connectivity index (χ0) is 15.2. The van der Waals surface area contributed by atoms with Gasteiger partial charge in [0.25, 0.3) is 5.91 Å². The summed E-state index contributed by atoms with van der Waals surface area (Å²) in [5.74, 6) is -0.930. The first-order valence-corrected chi connectivity index (χ1v) is 6.16. The van der Waals surface area contributed by atoms with Gasteiger partial charge in [-0.15, -0.1) is 0 Å². The number of carbonyl (C=O) groups excluding carboxylic acids is 1. The van der Waals surface area contributed by atoms with Crippen molar-refractivity contribution in [3.05, 3.63) is 59.7 Å². The van der Waals surface area contributed by atoms with Gasteiger partial charge in [0.05, 0.1) is 6.21 Å². The zero-order valence-electron chi connectivity index (χ0n) is 11.0. The van der Waals surface area contributed by atoms with E-state index in [0.717, 1.165) is 6.07 Å². The van der Waals surface area contributed by atoms with Crippen molar-refractivity contribution >= 4 is 12.1 Å². The number of hydrazone groups is 1. The Kier molecular flexibility index (Phi) is 4.53. The van der Waals surface area contributed by atoms with Gasteiger partial charge in [-0.3, -0.25) is 4.79 Å². The molecule has 0 aromatic heterocycles. The van der Waals surface area contributed by atoms with Crippen LogP contribution in [0.3, 0.4) is 0 Å². The zero-order valence-corrected chi connectivity index (χ0v) is 11.0. The number of nitrogens with zero attached hydrogens (tertiary/aromatic N) is 1. The molecule has 0 fully saturated rings. The van der Waals surface area contributed by atoms with Crippen molar-refractivity contribution in [1.29, 1.82) is 0 Å². The minimum absolute atomic E-state index is 0.0758. The van der Waals surface area contributed by atoms with Crippen LogP contribution in [0.2, 0.25) is 0 Å². The highest BCUT2D eigenvalue weighted by Gasteiger charge is 2.15. The molecule has 0 bridgehead atoms. The van der Waals surface area contributed by atoms with Crippen molar-refractivity contribution in [1.82, 2.24) is 5.43 Å². The van der Waals surface area contributed by atoms with Crippen molar-refractivity contribution < 1.29 is 20.1 Å². The smallest absolute Gasteiger partial charge is 0.273 e. The summed E-state index contributed by atoms with van der Waals surface area (Å²) in [6.45, 7) is 0. The third kappa shape index (κ3) is 3.80.